The number of carbonyl (C=O) groups excluding carboxylic acids is 1. The molecule has 0 aliphatic heterocycles. The zero-order chi connectivity index (χ0) is 12.4. The first-order chi connectivity index (χ1) is 8.84. The minimum absolute atomic E-state index is 0.116. The van der Waals surface area contributed by atoms with Crippen molar-refractivity contribution in [3.8, 4) is 0 Å². The predicted molar refractivity (Wildman–Crippen MR) is 71.1 cm³/mol. The van der Waals surface area contributed by atoms with Crippen LogP contribution in [0.2, 0.25) is 0 Å². The molecule has 0 atom stereocenters. The van der Waals surface area contributed by atoms with Gasteiger partial charge in [0.2, 0.25) is 0 Å². The summed E-state index contributed by atoms with van der Waals surface area (Å²) in [6.45, 7) is 0. The van der Waals surface area contributed by atoms with Gasteiger partial charge in [-0.15, -0.1) is 11.3 Å². The van der Waals surface area contributed by atoms with Gasteiger partial charge in [0.05, 0.1) is 22.2 Å². The number of hydrogen-bond acceptors (Lipinski definition) is 6. The minimum Gasteiger partial charge on any atom is -0.292 e. The van der Waals surface area contributed by atoms with Gasteiger partial charge in [-0.05, 0) is 11.4 Å². The van der Waals surface area contributed by atoms with Crippen LogP contribution in [-0.2, 0) is 0 Å². The second kappa shape index (κ2) is 4.87. The molecule has 0 radical (unpaired) electrons. The summed E-state index contributed by atoms with van der Waals surface area (Å²) in [6.07, 6.45) is 3.14. The van der Waals surface area contributed by atoms with Crippen LogP contribution in [0.3, 0.4) is 0 Å². The Bertz CT molecular complexity index is 677. The number of nitrogens with zero attached hydrogens (tertiary/aromatic N) is 3. The van der Waals surface area contributed by atoms with Crippen LogP contribution >= 0.6 is 23.1 Å². The van der Waals surface area contributed by atoms with Gasteiger partial charge in [0.15, 0.2) is 11.4 Å². The highest BCUT2D eigenvalue weighted by Crippen LogP contribution is 2.24. The second-order valence-electron chi connectivity index (χ2n) is 3.50. The van der Waals surface area contributed by atoms with E-state index < -0.39 is 0 Å². The van der Waals surface area contributed by atoms with Crippen molar-refractivity contribution in [2.24, 2.45) is 0 Å². The number of fused-ring (bicyclic) bond motifs is 1. The van der Waals surface area contributed by atoms with E-state index in [0.717, 1.165) is 15.3 Å². The molecule has 3 aromatic heterocycles. The molecule has 0 bridgehead atoms. The van der Waals surface area contributed by atoms with Gasteiger partial charge >= 0.3 is 0 Å². The van der Waals surface area contributed by atoms with Crippen molar-refractivity contribution in [1.82, 2.24) is 20.2 Å². The average Bonchev–Trinajstić information content (AvgIpc) is 3.05. The summed E-state index contributed by atoms with van der Waals surface area (Å²) in [7, 11) is 0. The van der Waals surface area contributed by atoms with Gasteiger partial charge in [0.25, 0.3) is 0 Å². The number of nitrogens with one attached hydrogen (secondary N) is 1. The molecule has 3 heterocycles. The normalized spacial score (nSPS) is 10.9. The maximum absolute atomic E-state index is 11.9. The summed E-state index contributed by atoms with van der Waals surface area (Å²) < 4.78 is 0. The molecule has 0 amide bonds. The number of carbonyl (C=O) groups is 1. The largest absolute Gasteiger partial charge is 0.292 e. The molecule has 0 fully saturated rings. The lowest BCUT2D eigenvalue weighted by Gasteiger charge is -1.99. The lowest BCUT2D eigenvalue weighted by atomic mass is 10.4. The van der Waals surface area contributed by atoms with E-state index >= 15 is 0 Å². The van der Waals surface area contributed by atoms with Crippen LogP contribution in [0.5, 0.6) is 0 Å². The van der Waals surface area contributed by atoms with E-state index in [-0.39, 0.29) is 5.78 Å². The Kier molecular flexibility index (Phi) is 3.07. The van der Waals surface area contributed by atoms with Gasteiger partial charge in [-0.3, -0.25) is 9.89 Å². The summed E-state index contributed by atoms with van der Waals surface area (Å²) in [5, 5.41) is 10.2. The quantitative estimate of drug-likeness (QED) is 0.450. The molecule has 18 heavy (non-hydrogen) atoms. The standard InChI is InChI=1S/C11H8N4OS2/c16-8(9-2-1-3-17-9)5-18-11-7-4-14-15-10(7)12-6-13-11/h1-4,6H,5H2,(H,12,13,14,15). The van der Waals surface area contributed by atoms with Gasteiger partial charge in [-0.1, -0.05) is 17.8 Å². The lowest BCUT2D eigenvalue weighted by molar-refractivity contribution is 0.102. The number of hydrogen-bond donors (Lipinski definition) is 1. The van der Waals surface area contributed by atoms with Crippen LogP contribution in [0, 0.1) is 0 Å². The first-order valence-electron chi connectivity index (χ1n) is 5.18. The van der Waals surface area contributed by atoms with Crippen LogP contribution in [-0.4, -0.2) is 31.7 Å². The number of thioether (sulfide) groups is 1. The molecule has 0 unspecified atom stereocenters. The van der Waals surface area contributed by atoms with Crippen molar-refractivity contribution in [3.63, 3.8) is 0 Å². The van der Waals surface area contributed by atoms with Crippen LogP contribution in [0.4, 0.5) is 0 Å². The van der Waals surface area contributed by atoms with E-state index in [1.54, 1.807) is 6.20 Å². The van der Waals surface area contributed by atoms with Gasteiger partial charge in [-0.2, -0.15) is 5.10 Å². The van der Waals surface area contributed by atoms with Crippen LogP contribution in [0.25, 0.3) is 11.0 Å². The molecular weight excluding hydrogens is 268 g/mol. The Morgan fingerprint density at radius 2 is 2.39 bits per heavy atom. The van der Waals surface area contributed by atoms with Crippen molar-refractivity contribution < 1.29 is 4.79 Å². The monoisotopic (exact) mass is 276 g/mol. The summed E-state index contributed by atoms with van der Waals surface area (Å²) in [6, 6.07) is 3.71. The van der Waals surface area contributed by atoms with Crippen molar-refractivity contribution in [3.05, 3.63) is 34.9 Å². The number of Topliss-reactive ketones (excluding diaryl/α,β-unsaturated/α-hetero) is 1. The molecule has 3 aromatic rings. The van der Waals surface area contributed by atoms with Crippen LogP contribution in [0.1, 0.15) is 9.67 Å². The topological polar surface area (TPSA) is 71.5 Å². The summed E-state index contributed by atoms with van der Waals surface area (Å²) in [5.74, 6) is 0.489. The first kappa shape index (κ1) is 11.4. The molecule has 1 N–H and O–H groups in total. The highest BCUT2D eigenvalue weighted by Gasteiger charge is 2.11. The van der Waals surface area contributed by atoms with E-state index in [1.807, 2.05) is 17.5 Å². The summed E-state index contributed by atoms with van der Waals surface area (Å²) >= 11 is 2.86. The van der Waals surface area contributed by atoms with Gasteiger partial charge < -0.3 is 0 Å². The molecule has 90 valence electrons. The fourth-order valence-corrected chi connectivity index (χ4v) is 3.11. The van der Waals surface area contributed by atoms with E-state index in [4.69, 9.17) is 0 Å². The predicted octanol–water partition coefficient (Wildman–Crippen LogP) is 2.39. The molecular formula is C11H8N4OS2. The van der Waals surface area contributed by atoms with Crippen molar-refractivity contribution in [2.45, 2.75) is 5.03 Å². The average molecular weight is 276 g/mol. The van der Waals surface area contributed by atoms with Crippen molar-refractivity contribution in [2.75, 3.05) is 5.75 Å². The third-order valence-corrected chi connectivity index (χ3v) is 4.26. The molecule has 0 aliphatic carbocycles. The zero-order valence-electron chi connectivity index (χ0n) is 9.16. The lowest BCUT2D eigenvalue weighted by Crippen LogP contribution is -1.99. The molecule has 0 aliphatic rings. The zero-order valence-corrected chi connectivity index (χ0v) is 10.8. The van der Waals surface area contributed by atoms with Gasteiger partial charge in [0, 0.05) is 0 Å². The Morgan fingerprint density at radius 1 is 1.44 bits per heavy atom. The van der Waals surface area contributed by atoms with Gasteiger partial charge in [0.1, 0.15) is 11.4 Å². The van der Waals surface area contributed by atoms with Crippen LogP contribution < -0.4 is 0 Å². The third-order valence-electron chi connectivity index (χ3n) is 2.35. The smallest absolute Gasteiger partial charge is 0.183 e. The van der Waals surface area contributed by atoms with E-state index in [0.29, 0.717) is 11.4 Å². The van der Waals surface area contributed by atoms with Crippen molar-refractivity contribution in [1.29, 1.82) is 0 Å². The summed E-state index contributed by atoms with van der Waals surface area (Å²) in [5.41, 5.74) is 0.691. The molecule has 5 nitrogen and oxygen atoms in total. The highest BCUT2D eigenvalue weighted by atomic mass is 32.2. The molecule has 7 heteroatoms. The Morgan fingerprint density at radius 3 is 3.22 bits per heavy atom. The second-order valence-corrected chi connectivity index (χ2v) is 5.41. The van der Waals surface area contributed by atoms with Crippen LogP contribution in [0.15, 0.2) is 35.1 Å². The number of ketones is 1. The maximum atomic E-state index is 11.9. The Hall–Kier alpha value is -1.73. The number of aromatic amines is 1. The van der Waals surface area contributed by atoms with E-state index in [2.05, 4.69) is 20.2 Å². The number of thiophene rings is 1. The summed E-state index contributed by atoms with van der Waals surface area (Å²) in [4.78, 5) is 20.9. The number of aromatic nitrogens is 4. The molecule has 0 saturated carbocycles. The highest BCUT2D eigenvalue weighted by molar-refractivity contribution is 8.00. The third kappa shape index (κ3) is 2.14. The molecule has 0 aromatic carbocycles. The minimum atomic E-state index is 0.116. The molecule has 0 spiro atoms. The molecule has 0 saturated heterocycles. The van der Waals surface area contributed by atoms with E-state index in [9.17, 15) is 4.79 Å². The SMILES string of the molecule is O=C(CSc1ncnc2[nH]ncc12)c1cccs1. The van der Waals surface area contributed by atoms with Gasteiger partial charge in [-0.25, -0.2) is 9.97 Å². The fourth-order valence-electron chi connectivity index (χ4n) is 1.50. The van der Waals surface area contributed by atoms with Crippen molar-refractivity contribution >= 4 is 39.9 Å². The fraction of sp³-hybridized carbons (Fsp3) is 0.0909. The molecule has 3 rings (SSSR count). The van der Waals surface area contributed by atoms with E-state index in [1.165, 1.54) is 29.4 Å². The number of H-pyrrole nitrogens is 1. The Labute approximate surface area is 111 Å². The first-order valence-corrected chi connectivity index (χ1v) is 7.04. The maximum Gasteiger partial charge on any atom is 0.183 e. The Balaban J connectivity index is 1.77. The number of rotatable bonds is 4.